The average molecular weight is 328 g/mol. The summed E-state index contributed by atoms with van der Waals surface area (Å²) in [7, 11) is 0. The molecule has 0 saturated heterocycles. The molecule has 1 amide bonds. The second kappa shape index (κ2) is 6.26. The fourth-order valence-corrected chi connectivity index (χ4v) is 2.87. The summed E-state index contributed by atoms with van der Waals surface area (Å²) in [5.41, 5.74) is 6.30. The zero-order valence-corrected chi connectivity index (χ0v) is 12.2. The van der Waals surface area contributed by atoms with Crippen molar-refractivity contribution in [3.05, 3.63) is 27.7 Å². The summed E-state index contributed by atoms with van der Waals surface area (Å²) in [4.78, 5) is 16.0. The third kappa shape index (κ3) is 3.51. The van der Waals surface area contributed by atoms with Crippen LogP contribution in [0.15, 0.2) is 22.7 Å². The third-order valence-corrected chi connectivity index (χ3v) is 4.02. The van der Waals surface area contributed by atoms with Gasteiger partial charge in [0.15, 0.2) is 0 Å². The predicted octanol–water partition coefficient (Wildman–Crippen LogP) is 2.07. The number of fused-ring (bicyclic) bond motifs is 1. The van der Waals surface area contributed by atoms with Crippen molar-refractivity contribution < 1.29 is 4.79 Å². The van der Waals surface area contributed by atoms with Gasteiger partial charge in [0.25, 0.3) is 0 Å². The molecule has 2 aromatic rings. The Bertz CT molecular complexity index is 555. The van der Waals surface area contributed by atoms with Crippen molar-refractivity contribution in [2.75, 3.05) is 13.1 Å². The molecule has 0 atom stereocenters. The van der Waals surface area contributed by atoms with Crippen LogP contribution in [0.4, 0.5) is 0 Å². The van der Waals surface area contributed by atoms with Crippen LogP contribution in [0.25, 0.3) is 10.2 Å². The number of carbonyl (C=O) groups is 1. The summed E-state index contributed by atoms with van der Waals surface area (Å²) in [6.45, 7) is 1.01. The van der Waals surface area contributed by atoms with Gasteiger partial charge in [-0.25, -0.2) is 4.98 Å². The number of amides is 1. The molecule has 0 bridgehead atoms. The SMILES string of the molecule is NCCNC(=O)CCc1nc2cc(Br)ccc2s1. The Morgan fingerprint density at radius 2 is 2.33 bits per heavy atom. The molecule has 1 aromatic carbocycles. The number of nitrogens with two attached hydrogens (primary N) is 1. The van der Waals surface area contributed by atoms with Crippen LogP contribution in [-0.2, 0) is 11.2 Å². The minimum Gasteiger partial charge on any atom is -0.355 e. The lowest BCUT2D eigenvalue weighted by atomic mass is 10.3. The second-order valence-electron chi connectivity index (χ2n) is 3.86. The highest BCUT2D eigenvalue weighted by molar-refractivity contribution is 9.10. The van der Waals surface area contributed by atoms with Gasteiger partial charge in [-0.05, 0) is 18.2 Å². The number of benzene rings is 1. The number of carbonyl (C=O) groups excluding carboxylic acids is 1. The number of halogens is 1. The first-order chi connectivity index (χ1) is 8.69. The zero-order chi connectivity index (χ0) is 13.0. The van der Waals surface area contributed by atoms with Gasteiger partial charge in [-0.15, -0.1) is 11.3 Å². The lowest BCUT2D eigenvalue weighted by Gasteiger charge is -2.00. The van der Waals surface area contributed by atoms with Crippen LogP contribution in [0.2, 0.25) is 0 Å². The lowest BCUT2D eigenvalue weighted by Crippen LogP contribution is -2.29. The minimum atomic E-state index is 0.0286. The van der Waals surface area contributed by atoms with Gasteiger partial charge >= 0.3 is 0 Å². The fourth-order valence-electron chi connectivity index (χ4n) is 1.58. The van der Waals surface area contributed by atoms with Crippen molar-refractivity contribution in [3.63, 3.8) is 0 Å². The van der Waals surface area contributed by atoms with Gasteiger partial charge < -0.3 is 11.1 Å². The number of thiazole rings is 1. The van der Waals surface area contributed by atoms with E-state index in [1.165, 1.54) is 0 Å². The summed E-state index contributed by atoms with van der Waals surface area (Å²) in [5.74, 6) is 0.0286. The van der Waals surface area contributed by atoms with Crippen molar-refractivity contribution in [2.45, 2.75) is 12.8 Å². The van der Waals surface area contributed by atoms with Gasteiger partial charge in [0.1, 0.15) is 0 Å². The Morgan fingerprint density at radius 1 is 1.50 bits per heavy atom. The van der Waals surface area contributed by atoms with Crippen LogP contribution in [0.3, 0.4) is 0 Å². The van der Waals surface area contributed by atoms with Crippen LogP contribution in [0, 0.1) is 0 Å². The Morgan fingerprint density at radius 3 is 3.11 bits per heavy atom. The van der Waals surface area contributed by atoms with Crippen LogP contribution < -0.4 is 11.1 Å². The Labute approximate surface area is 118 Å². The molecule has 3 N–H and O–H groups in total. The van der Waals surface area contributed by atoms with Crippen molar-refractivity contribution in [3.8, 4) is 0 Å². The molecule has 0 fully saturated rings. The van der Waals surface area contributed by atoms with Crippen LogP contribution in [0.5, 0.6) is 0 Å². The minimum absolute atomic E-state index is 0.0286. The standard InChI is InChI=1S/C12H14BrN3OS/c13-8-1-2-10-9(7-8)16-12(18-10)4-3-11(17)15-6-5-14/h1-2,7H,3-6,14H2,(H,15,17). The monoisotopic (exact) mass is 327 g/mol. The highest BCUT2D eigenvalue weighted by Crippen LogP contribution is 2.25. The largest absolute Gasteiger partial charge is 0.355 e. The number of nitrogens with one attached hydrogen (secondary N) is 1. The molecule has 1 aromatic heterocycles. The molecule has 0 saturated carbocycles. The van der Waals surface area contributed by atoms with E-state index in [1.807, 2.05) is 18.2 Å². The first kappa shape index (κ1) is 13.5. The maximum atomic E-state index is 11.4. The maximum Gasteiger partial charge on any atom is 0.220 e. The van der Waals surface area contributed by atoms with Gasteiger partial charge in [0.2, 0.25) is 5.91 Å². The molecular formula is C12H14BrN3OS. The topological polar surface area (TPSA) is 68.0 Å². The van der Waals surface area contributed by atoms with Gasteiger partial charge in [-0.1, -0.05) is 15.9 Å². The molecule has 96 valence electrons. The smallest absolute Gasteiger partial charge is 0.220 e. The molecule has 0 aliphatic heterocycles. The van der Waals surface area contributed by atoms with Crippen molar-refractivity contribution in [1.82, 2.24) is 10.3 Å². The summed E-state index contributed by atoms with van der Waals surface area (Å²) in [5, 5.41) is 3.74. The summed E-state index contributed by atoms with van der Waals surface area (Å²) in [6, 6.07) is 6.02. The number of aromatic nitrogens is 1. The van der Waals surface area contributed by atoms with E-state index in [1.54, 1.807) is 11.3 Å². The van der Waals surface area contributed by atoms with Gasteiger partial charge in [0, 0.05) is 30.4 Å². The normalized spacial score (nSPS) is 10.8. The molecule has 0 radical (unpaired) electrons. The first-order valence-corrected chi connectivity index (χ1v) is 7.32. The molecule has 0 aliphatic carbocycles. The maximum absolute atomic E-state index is 11.4. The van der Waals surface area contributed by atoms with Crippen molar-refractivity contribution in [2.24, 2.45) is 5.73 Å². The number of hydrogen-bond acceptors (Lipinski definition) is 4. The third-order valence-electron chi connectivity index (χ3n) is 2.43. The second-order valence-corrected chi connectivity index (χ2v) is 5.89. The fraction of sp³-hybridized carbons (Fsp3) is 0.333. The molecule has 18 heavy (non-hydrogen) atoms. The van der Waals surface area contributed by atoms with Gasteiger partial charge in [-0.2, -0.15) is 0 Å². The molecule has 4 nitrogen and oxygen atoms in total. The Balaban J connectivity index is 1.97. The van der Waals surface area contributed by atoms with E-state index in [-0.39, 0.29) is 5.91 Å². The summed E-state index contributed by atoms with van der Waals surface area (Å²) >= 11 is 5.06. The highest BCUT2D eigenvalue weighted by atomic mass is 79.9. The van der Waals surface area contributed by atoms with Gasteiger partial charge in [0.05, 0.1) is 15.2 Å². The predicted molar refractivity (Wildman–Crippen MR) is 77.7 cm³/mol. The first-order valence-electron chi connectivity index (χ1n) is 5.71. The van der Waals surface area contributed by atoms with Crippen molar-refractivity contribution >= 4 is 43.4 Å². The molecule has 6 heteroatoms. The van der Waals surface area contributed by atoms with Crippen LogP contribution in [0.1, 0.15) is 11.4 Å². The van der Waals surface area contributed by atoms with E-state index in [2.05, 4.69) is 26.2 Å². The zero-order valence-electron chi connectivity index (χ0n) is 9.78. The lowest BCUT2D eigenvalue weighted by molar-refractivity contribution is -0.120. The van der Waals surface area contributed by atoms with Crippen LogP contribution in [-0.4, -0.2) is 24.0 Å². The van der Waals surface area contributed by atoms with Crippen molar-refractivity contribution in [1.29, 1.82) is 0 Å². The number of rotatable bonds is 5. The Kier molecular flexibility index (Phi) is 4.68. The number of nitrogens with zero attached hydrogens (tertiary/aromatic N) is 1. The molecule has 0 aliphatic rings. The van der Waals surface area contributed by atoms with Crippen LogP contribution >= 0.6 is 27.3 Å². The van der Waals surface area contributed by atoms with E-state index in [9.17, 15) is 4.79 Å². The quantitative estimate of drug-likeness (QED) is 0.883. The van der Waals surface area contributed by atoms with E-state index < -0.39 is 0 Å². The van der Waals surface area contributed by atoms with Gasteiger partial charge in [-0.3, -0.25) is 4.79 Å². The molecule has 0 spiro atoms. The van der Waals surface area contributed by atoms with E-state index >= 15 is 0 Å². The summed E-state index contributed by atoms with van der Waals surface area (Å²) < 4.78 is 2.17. The summed E-state index contributed by atoms with van der Waals surface area (Å²) in [6.07, 6.45) is 1.13. The molecule has 0 unspecified atom stereocenters. The highest BCUT2D eigenvalue weighted by Gasteiger charge is 2.07. The van der Waals surface area contributed by atoms with E-state index in [0.717, 1.165) is 19.7 Å². The number of aryl methyl sites for hydroxylation is 1. The Hall–Kier alpha value is -0.980. The number of hydrogen-bond donors (Lipinski definition) is 2. The molecular weight excluding hydrogens is 314 g/mol. The van der Waals surface area contributed by atoms with E-state index in [4.69, 9.17) is 5.73 Å². The molecule has 2 rings (SSSR count). The van der Waals surface area contributed by atoms with E-state index in [0.29, 0.717) is 25.9 Å². The molecule has 1 heterocycles. The average Bonchev–Trinajstić information content (AvgIpc) is 2.75.